The first-order valence-electron chi connectivity index (χ1n) is 13.6. The number of esters is 1. The number of nitrogens with two attached hydrogens (primary N) is 1. The number of rotatable bonds is 12. The molecular weight excluding hydrogens is 558 g/mol. The molecule has 0 aromatic heterocycles. The van der Waals surface area contributed by atoms with Gasteiger partial charge in [0.1, 0.15) is 12.3 Å². The Morgan fingerprint density at radius 3 is 2.00 bits per heavy atom. The van der Waals surface area contributed by atoms with E-state index in [0.717, 1.165) is 25.7 Å². The molecular formula is C30H61N5O8. The summed E-state index contributed by atoms with van der Waals surface area (Å²) in [7, 11) is 7.51. The van der Waals surface area contributed by atoms with Crippen molar-refractivity contribution in [2.45, 2.75) is 66.1 Å². The first-order valence-corrected chi connectivity index (χ1v) is 13.6. The number of aliphatic hydroxyl groups excluding tert-OH is 2. The van der Waals surface area contributed by atoms with Gasteiger partial charge in [0.25, 0.3) is 0 Å². The van der Waals surface area contributed by atoms with E-state index in [1.807, 2.05) is 44.2 Å². The molecule has 4 atom stereocenters. The van der Waals surface area contributed by atoms with E-state index < -0.39 is 12.1 Å². The molecule has 254 valence electrons. The van der Waals surface area contributed by atoms with Gasteiger partial charge >= 0.3 is 5.97 Å². The molecule has 1 aliphatic heterocycles. The highest BCUT2D eigenvalue weighted by Crippen LogP contribution is 2.11. The highest BCUT2D eigenvalue weighted by Gasteiger charge is 2.22. The van der Waals surface area contributed by atoms with Gasteiger partial charge in [-0.2, -0.15) is 0 Å². The van der Waals surface area contributed by atoms with Crippen molar-refractivity contribution in [3.63, 3.8) is 0 Å². The first-order chi connectivity index (χ1) is 19.8. The van der Waals surface area contributed by atoms with E-state index in [4.69, 9.17) is 25.4 Å². The summed E-state index contributed by atoms with van der Waals surface area (Å²) in [5, 5.41) is 25.8. The normalized spacial score (nSPS) is 14.4. The smallest absolute Gasteiger partial charge is 0.323 e. The van der Waals surface area contributed by atoms with Crippen LogP contribution >= 0.6 is 0 Å². The van der Waals surface area contributed by atoms with Crippen LogP contribution in [0.3, 0.4) is 0 Å². The van der Waals surface area contributed by atoms with E-state index in [9.17, 15) is 19.2 Å². The van der Waals surface area contributed by atoms with Crippen molar-refractivity contribution in [3.8, 4) is 0 Å². The maximum absolute atomic E-state index is 12.0. The van der Waals surface area contributed by atoms with Gasteiger partial charge in [0.15, 0.2) is 0 Å². The summed E-state index contributed by atoms with van der Waals surface area (Å²) in [5.41, 5.74) is 6.68. The Kier molecular flexibility index (Phi) is 40.8. The number of aldehydes is 1. The van der Waals surface area contributed by atoms with Gasteiger partial charge in [-0.15, -0.1) is 0 Å². The Morgan fingerprint density at radius 2 is 1.63 bits per heavy atom. The van der Waals surface area contributed by atoms with E-state index >= 15 is 0 Å². The zero-order valence-electron chi connectivity index (χ0n) is 25.6. The van der Waals surface area contributed by atoms with Crippen LogP contribution in [-0.4, -0.2) is 114 Å². The fourth-order valence-electron chi connectivity index (χ4n) is 3.00. The van der Waals surface area contributed by atoms with Crippen LogP contribution < -0.4 is 27.0 Å². The maximum Gasteiger partial charge on any atom is 0.323 e. The van der Waals surface area contributed by atoms with Crippen molar-refractivity contribution in [2.75, 3.05) is 61.7 Å². The molecule has 1 aromatic rings. The van der Waals surface area contributed by atoms with Crippen molar-refractivity contribution in [2.24, 2.45) is 11.7 Å². The van der Waals surface area contributed by atoms with Crippen LogP contribution in [-0.2, 0) is 35.1 Å². The lowest BCUT2D eigenvalue weighted by molar-refractivity contribution is -0.146. The van der Waals surface area contributed by atoms with Gasteiger partial charge in [0.2, 0.25) is 11.8 Å². The molecule has 1 aromatic carbocycles. The molecule has 0 saturated carbocycles. The summed E-state index contributed by atoms with van der Waals surface area (Å²) in [5.74, 6) is -0.395. The van der Waals surface area contributed by atoms with Gasteiger partial charge in [-0.3, -0.25) is 14.4 Å². The fraction of sp³-hybridized carbons (Fsp3) is 0.667. The van der Waals surface area contributed by atoms with Crippen LogP contribution in [0, 0.1) is 5.92 Å². The van der Waals surface area contributed by atoms with Gasteiger partial charge in [-0.25, -0.2) is 0 Å². The Morgan fingerprint density at radius 1 is 1.05 bits per heavy atom. The van der Waals surface area contributed by atoms with Crippen LogP contribution in [0.5, 0.6) is 0 Å². The third-order valence-electron chi connectivity index (χ3n) is 5.45. The van der Waals surface area contributed by atoms with E-state index in [0.29, 0.717) is 25.7 Å². The molecule has 0 radical (unpaired) electrons. The highest BCUT2D eigenvalue weighted by atomic mass is 16.5. The summed E-state index contributed by atoms with van der Waals surface area (Å²) in [4.78, 5) is 43.8. The number of carbonyl (C=O) groups is 4. The van der Waals surface area contributed by atoms with Crippen molar-refractivity contribution in [1.82, 2.24) is 21.3 Å². The van der Waals surface area contributed by atoms with Crippen molar-refractivity contribution >= 4 is 24.1 Å². The number of amides is 2. The van der Waals surface area contributed by atoms with Crippen LogP contribution in [0.2, 0.25) is 0 Å². The van der Waals surface area contributed by atoms with Crippen molar-refractivity contribution in [1.29, 1.82) is 0 Å². The second kappa shape index (κ2) is 35.3. The number of hydrogen-bond donors (Lipinski definition) is 7. The van der Waals surface area contributed by atoms with Gasteiger partial charge in [0.05, 0.1) is 37.8 Å². The van der Waals surface area contributed by atoms with E-state index in [2.05, 4.69) is 21.3 Å². The molecule has 8 N–H and O–H groups in total. The predicted octanol–water partition coefficient (Wildman–Crippen LogP) is 0.265. The third-order valence-corrected chi connectivity index (χ3v) is 5.45. The Labute approximate surface area is 259 Å². The van der Waals surface area contributed by atoms with Gasteiger partial charge < -0.3 is 51.5 Å². The number of benzene rings is 1. The van der Waals surface area contributed by atoms with E-state index in [-0.39, 0.29) is 57.8 Å². The molecule has 1 saturated heterocycles. The molecule has 0 spiro atoms. The zero-order chi connectivity index (χ0) is 32.1. The average Bonchev–Trinajstić information content (AvgIpc) is 3.58. The molecule has 2 rings (SSSR count). The molecule has 1 heterocycles. The molecule has 13 heteroatoms. The minimum atomic E-state index is -0.662. The van der Waals surface area contributed by atoms with Crippen molar-refractivity contribution in [3.05, 3.63) is 35.9 Å². The lowest BCUT2D eigenvalue weighted by Crippen LogP contribution is -2.41. The topological polar surface area (TPSA) is 201 Å². The molecule has 0 bridgehead atoms. The average molecular weight is 620 g/mol. The number of likely N-dealkylation sites (N-methyl/N-ethyl adjacent to an activating group) is 3. The Balaban J connectivity index is -0.000000182. The Bertz CT molecular complexity index is 777. The van der Waals surface area contributed by atoms with Gasteiger partial charge in [-0.05, 0) is 32.5 Å². The number of nitrogens with one attached hydrogen (secondary N) is 4. The first kappa shape index (κ1) is 49.7. The molecule has 1 fully saturated rings. The number of aliphatic hydroxyl groups is 2. The van der Waals surface area contributed by atoms with Gasteiger partial charge in [0, 0.05) is 34.2 Å². The summed E-state index contributed by atoms with van der Waals surface area (Å²) >= 11 is 0. The molecule has 0 unspecified atom stereocenters. The van der Waals surface area contributed by atoms with E-state index in [1.165, 1.54) is 7.05 Å². The SMILES string of the molecule is C.C.CC.CNC(=O)[C@@H](N)CCOC(=O)[C@H](Cc1ccccc1)NC.CNC(=O)[C@@H]1CCOC1.CN[C@H](C=O)CO.CO. The summed E-state index contributed by atoms with van der Waals surface area (Å²) < 4.78 is 10.2. The molecule has 1 aliphatic rings. The molecule has 43 heavy (non-hydrogen) atoms. The Hall–Kier alpha value is -2.94. The largest absolute Gasteiger partial charge is 0.464 e. The third kappa shape index (κ3) is 25.3. The number of hydrogen-bond acceptors (Lipinski definition) is 11. The predicted molar refractivity (Wildman–Crippen MR) is 173 cm³/mol. The number of carbonyl (C=O) groups excluding carboxylic acids is 4. The lowest BCUT2D eigenvalue weighted by Gasteiger charge is -2.16. The van der Waals surface area contributed by atoms with Gasteiger partial charge in [-0.1, -0.05) is 59.0 Å². The lowest BCUT2D eigenvalue weighted by atomic mass is 10.1. The van der Waals surface area contributed by atoms with Crippen LogP contribution in [0.4, 0.5) is 0 Å². The monoisotopic (exact) mass is 619 g/mol. The quantitative estimate of drug-likeness (QED) is 0.125. The van der Waals surface area contributed by atoms with Crippen LogP contribution in [0.25, 0.3) is 0 Å². The van der Waals surface area contributed by atoms with Crippen LogP contribution in [0.15, 0.2) is 30.3 Å². The molecule has 0 aliphatic carbocycles. The standard InChI is InChI=1S/C15H23N3O3.C6H11NO2.C4H9NO2.C2H6.CH4O.2CH4/c1-17-13(10-11-6-4-3-5-7-11)15(20)21-9-8-12(16)14(19)18-2;1-7-6(8)5-2-3-9-4-5;1-5-4(2-6)3-7;2*1-2;;/h3-7,12-13,17H,8-10,16H2,1-2H3,(H,18,19);5H,2-4H2,1H3,(H,7,8);2,4-5,7H,3H2,1H3;1-2H3;2H,1H3;2*1H4/t12-,13-;5-;4-;;;;/m011..../s1. The molecule has 2 amide bonds. The summed E-state index contributed by atoms with van der Waals surface area (Å²) in [6.45, 7) is 5.33. The van der Waals surface area contributed by atoms with Crippen LogP contribution in [0.1, 0.15) is 47.1 Å². The molecule has 13 nitrogen and oxygen atoms in total. The minimum absolute atomic E-state index is 0. The highest BCUT2D eigenvalue weighted by molar-refractivity contribution is 5.81. The number of ether oxygens (including phenoxy) is 2. The minimum Gasteiger partial charge on any atom is -0.464 e. The maximum atomic E-state index is 12.0. The second-order valence-corrected chi connectivity index (χ2v) is 8.10. The zero-order valence-corrected chi connectivity index (χ0v) is 25.6. The summed E-state index contributed by atoms with van der Waals surface area (Å²) in [6, 6.07) is 8.23. The fourth-order valence-corrected chi connectivity index (χ4v) is 3.00. The second-order valence-electron chi connectivity index (χ2n) is 8.10. The van der Waals surface area contributed by atoms with Crippen molar-refractivity contribution < 1.29 is 38.9 Å². The summed E-state index contributed by atoms with van der Waals surface area (Å²) in [6.07, 6.45) is 2.39. The van der Waals surface area contributed by atoms with E-state index in [1.54, 1.807) is 21.1 Å².